The van der Waals surface area contributed by atoms with Crippen molar-refractivity contribution in [1.29, 1.82) is 0 Å². The second-order valence-corrected chi connectivity index (χ2v) is 8.44. The van der Waals surface area contributed by atoms with Gasteiger partial charge in [0.05, 0.1) is 21.5 Å². The zero-order valence-corrected chi connectivity index (χ0v) is 15.2. The fraction of sp³-hybridized carbons (Fsp3) is 0.176. The van der Waals surface area contributed by atoms with Crippen LogP contribution in [0.15, 0.2) is 48.5 Å². The molecule has 0 spiro atoms. The monoisotopic (exact) mass is 375 g/mol. The van der Waals surface area contributed by atoms with Gasteiger partial charge in [0.25, 0.3) is 0 Å². The first-order chi connectivity index (χ1) is 11.9. The first kappa shape index (κ1) is 17.4. The molecule has 0 saturated carbocycles. The molecule has 3 rings (SSSR count). The van der Waals surface area contributed by atoms with Crippen molar-refractivity contribution in [2.24, 2.45) is 0 Å². The minimum Gasteiger partial charge on any atom is -0.326 e. The lowest BCUT2D eigenvalue weighted by atomic mass is 10.2. The van der Waals surface area contributed by atoms with E-state index in [1.54, 1.807) is 35.6 Å². The molecule has 3 aromatic rings. The minimum absolute atomic E-state index is 0.108. The van der Waals surface area contributed by atoms with Crippen molar-refractivity contribution in [2.45, 2.75) is 12.8 Å². The zero-order valence-electron chi connectivity index (χ0n) is 13.5. The smallest absolute Gasteiger partial charge is 0.229 e. The Morgan fingerprint density at radius 2 is 1.76 bits per heavy atom. The van der Waals surface area contributed by atoms with Crippen LogP contribution in [0.3, 0.4) is 0 Å². The van der Waals surface area contributed by atoms with Crippen LogP contribution in [0.1, 0.15) is 11.4 Å². The summed E-state index contributed by atoms with van der Waals surface area (Å²) in [5.74, 6) is -0.108. The maximum atomic E-state index is 12.1. The molecule has 0 aliphatic carbocycles. The van der Waals surface area contributed by atoms with E-state index in [-0.39, 0.29) is 5.91 Å². The summed E-state index contributed by atoms with van der Waals surface area (Å²) in [7, 11) is -3.31. The summed E-state index contributed by atoms with van der Waals surface area (Å²) in [6.07, 6.45) is 2.01. The molecule has 0 saturated heterocycles. The number of rotatable bonds is 6. The molecule has 2 N–H and O–H groups in total. The van der Waals surface area contributed by atoms with E-state index in [1.807, 2.05) is 24.3 Å². The van der Waals surface area contributed by atoms with Crippen LogP contribution in [0, 0.1) is 0 Å². The standard InChI is InChI=1S/C17H17N3O3S2/c1-25(22,23)20-13-8-6-12(7-9-13)18-16(21)10-11-17-19-14-4-2-3-5-15(14)24-17/h2-9,20H,10-11H2,1H3,(H,18,21). The highest BCUT2D eigenvalue weighted by Gasteiger charge is 2.08. The summed E-state index contributed by atoms with van der Waals surface area (Å²) < 4.78 is 25.8. The summed E-state index contributed by atoms with van der Waals surface area (Å²) >= 11 is 1.60. The lowest BCUT2D eigenvalue weighted by molar-refractivity contribution is -0.116. The van der Waals surface area contributed by atoms with Crippen LogP contribution in [0.5, 0.6) is 0 Å². The molecule has 130 valence electrons. The van der Waals surface area contributed by atoms with Crippen molar-refractivity contribution in [1.82, 2.24) is 4.98 Å². The van der Waals surface area contributed by atoms with E-state index in [1.165, 1.54) is 0 Å². The fourth-order valence-corrected chi connectivity index (χ4v) is 3.84. The Balaban J connectivity index is 1.55. The van der Waals surface area contributed by atoms with Gasteiger partial charge in [-0.1, -0.05) is 12.1 Å². The van der Waals surface area contributed by atoms with Crippen LogP contribution in [0.2, 0.25) is 0 Å². The summed E-state index contributed by atoms with van der Waals surface area (Å²) in [5, 5.41) is 3.73. The van der Waals surface area contributed by atoms with Crippen molar-refractivity contribution in [2.75, 3.05) is 16.3 Å². The Labute approximate surface area is 150 Å². The maximum absolute atomic E-state index is 12.1. The van der Waals surface area contributed by atoms with Crippen molar-refractivity contribution < 1.29 is 13.2 Å². The second kappa shape index (κ2) is 7.20. The van der Waals surface area contributed by atoms with Crippen LogP contribution in [0.25, 0.3) is 10.2 Å². The molecular weight excluding hydrogens is 358 g/mol. The highest BCUT2D eigenvalue weighted by Crippen LogP contribution is 2.22. The quantitative estimate of drug-likeness (QED) is 0.692. The van der Waals surface area contributed by atoms with Crippen LogP contribution in [-0.4, -0.2) is 25.6 Å². The number of sulfonamides is 1. The third-order valence-electron chi connectivity index (χ3n) is 3.38. The molecule has 1 aromatic heterocycles. The van der Waals surface area contributed by atoms with Gasteiger partial charge in [-0.2, -0.15) is 0 Å². The van der Waals surface area contributed by atoms with E-state index in [9.17, 15) is 13.2 Å². The molecule has 0 unspecified atom stereocenters. The topological polar surface area (TPSA) is 88.2 Å². The van der Waals surface area contributed by atoms with Crippen molar-refractivity contribution in [3.63, 3.8) is 0 Å². The number of hydrogen-bond acceptors (Lipinski definition) is 5. The summed E-state index contributed by atoms with van der Waals surface area (Å²) in [5.41, 5.74) is 2.03. The van der Waals surface area contributed by atoms with Gasteiger partial charge in [0.2, 0.25) is 15.9 Å². The number of para-hydroxylation sites is 1. The maximum Gasteiger partial charge on any atom is 0.229 e. The van der Waals surface area contributed by atoms with Gasteiger partial charge in [0, 0.05) is 24.2 Å². The van der Waals surface area contributed by atoms with E-state index in [2.05, 4.69) is 15.0 Å². The van der Waals surface area contributed by atoms with Crippen molar-refractivity contribution in [3.8, 4) is 0 Å². The molecule has 8 heteroatoms. The summed E-state index contributed by atoms with van der Waals surface area (Å²) in [6.45, 7) is 0. The lowest BCUT2D eigenvalue weighted by Crippen LogP contribution is -2.13. The third-order valence-corrected chi connectivity index (χ3v) is 5.08. The van der Waals surface area contributed by atoms with Crippen molar-refractivity contribution >= 4 is 48.9 Å². The number of benzene rings is 2. The number of nitrogens with zero attached hydrogens (tertiary/aromatic N) is 1. The largest absolute Gasteiger partial charge is 0.326 e. The van der Waals surface area contributed by atoms with E-state index in [4.69, 9.17) is 0 Å². The number of anilines is 2. The van der Waals surface area contributed by atoms with Crippen LogP contribution in [-0.2, 0) is 21.2 Å². The molecule has 6 nitrogen and oxygen atoms in total. The Bertz CT molecular complexity index is 962. The van der Waals surface area contributed by atoms with E-state index in [0.29, 0.717) is 24.2 Å². The number of thiazole rings is 1. The molecule has 0 bridgehead atoms. The Kier molecular flexibility index (Phi) is 5.00. The highest BCUT2D eigenvalue weighted by atomic mass is 32.2. The normalized spacial score (nSPS) is 11.4. The van der Waals surface area contributed by atoms with Gasteiger partial charge in [-0.05, 0) is 36.4 Å². The Morgan fingerprint density at radius 3 is 2.44 bits per heavy atom. The molecule has 1 heterocycles. The molecule has 2 aromatic carbocycles. The van der Waals surface area contributed by atoms with Gasteiger partial charge in [-0.3, -0.25) is 9.52 Å². The predicted molar refractivity (Wildman–Crippen MR) is 101 cm³/mol. The average molecular weight is 375 g/mol. The molecule has 0 radical (unpaired) electrons. The summed E-state index contributed by atoms with van der Waals surface area (Å²) in [6, 6.07) is 14.4. The number of carbonyl (C=O) groups excluding carboxylic acids is 1. The number of aryl methyl sites for hydroxylation is 1. The minimum atomic E-state index is -3.31. The molecule has 0 fully saturated rings. The Hall–Kier alpha value is -2.45. The van der Waals surface area contributed by atoms with Crippen LogP contribution >= 0.6 is 11.3 Å². The summed E-state index contributed by atoms with van der Waals surface area (Å²) in [4.78, 5) is 16.6. The van der Waals surface area contributed by atoms with Crippen LogP contribution < -0.4 is 10.0 Å². The lowest BCUT2D eigenvalue weighted by Gasteiger charge is -2.07. The van der Waals surface area contributed by atoms with Gasteiger partial charge < -0.3 is 5.32 Å². The molecule has 1 amide bonds. The predicted octanol–water partition coefficient (Wildman–Crippen LogP) is 3.24. The average Bonchev–Trinajstić information content (AvgIpc) is 2.96. The second-order valence-electron chi connectivity index (χ2n) is 5.58. The van der Waals surface area contributed by atoms with Gasteiger partial charge >= 0.3 is 0 Å². The van der Waals surface area contributed by atoms with Crippen molar-refractivity contribution in [3.05, 3.63) is 53.5 Å². The molecule has 0 aliphatic rings. The first-order valence-corrected chi connectivity index (χ1v) is 10.3. The van der Waals surface area contributed by atoms with E-state index in [0.717, 1.165) is 21.5 Å². The van der Waals surface area contributed by atoms with E-state index < -0.39 is 10.0 Å². The van der Waals surface area contributed by atoms with Gasteiger partial charge in [-0.25, -0.2) is 13.4 Å². The number of aromatic nitrogens is 1. The first-order valence-electron chi connectivity index (χ1n) is 7.61. The van der Waals surface area contributed by atoms with Gasteiger partial charge in [0.1, 0.15) is 0 Å². The number of hydrogen-bond donors (Lipinski definition) is 2. The number of carbonyl (C=O) groups is 1. The highest BCUT2D eigenvalue weighted by molar-refractivity contribution is 7.92. The molecular formula is C17H17N3O3S2. The van der Waals surface area contributed by atoms with Gasteiger partial charge in [0.15, 0.2) is 0 Å². The molecule has 0 aliphatic heterocycles. The third kappa shape index (κ3) is 5.01. The fourth-order valence-electron chi connectivity index (χ4n) is 2.31. The Morgan fingerprint density at radius 1 is 1.08 bits per heavy atom. The number of nitrogens with one attached hydrogen (secondary N) is 2. The van der Waals surface area contributed by atoms with Crippen LogP contribution in [0.4, 0.5) is 11.4 Å². The zero-order chi connectivity index (χ0) is 17.9. The molecule has 0 atom stereocenters. The number of fused-ring (bicyclic) bond motifs is 1. The molecule has 25 heavy (non-hydrogen) atoms. The van der Waals surface area contributed by atoms with Gasteiger partial charge in [-0.15, -0.1) is 11.3 Å². The number of amides is 1. The SMILES string of the molecule is CS(=O)(=O)Nc1ccc(NC(=O)CCc2nc3ccccc3s2)cc1. The van der Waals surface area contributed by atoms with E-state index >= 15 is 0 Å².